The Bertz CT molecular complexity index is 435. The monoisotopic (exact) mass is 261 g/mol. The molecule has 3 nitrogen and oxygen atoms in total. The fraction of sp³-hybridized carbons (Fsp3) is 0.812. The lowest BCUT2D eigenvalue weighted by molar-refractivity contribution is 0.345. The van der Waals surface area contributed by atoms with Crippen LogP contribution in [0.5, 0.6) is 0 Å². The highest BCUT2D eigenvalue weighted by atomic mass is 15.1. The predicted molar refractivity (Wildman–Crippen MR) is 79.2 cm³/mol. The molecule has 2 saturated carbocycles. The molecule has 1 heterocycles. The van der Waals surface area contributed by atoms with Crippen molar-refractivity contribution in [1.29, 1.82) is 0 Å². The van der Waals surface area contributed by atoms with Crippen LogP contribution in [0.3, 0.4) is 0 Å². The van der Waals surface area contributed by atoms with Crippen LogP contribution in [0.4, 0.5) is 5.82 Å². The minimum absolute atomic E-state index is 0.609. The van der Waals surface area contributed by atoms with E-state index >= 15 is 0 Å². The van der Waals surface area contributed by atoms with Gasteiger partial charge in [0.1, 0.15) is 11.6 Å². The zero-order valence-electron chi connectivity index (χ0n) is 12.4. The number of rotatable bonds is 2. The van der Waals surface area contributed by atoms with Crippen LogP contribution >= 0.6 is 0 Å². The third kappa shape index (κ3) is 2.39. The predicted octanol–water partition coefficient (Wildman–Crippen LogP) is 3.95. The van der Waals surface area contributed by atoms with Crippen molar-refractivity contribution in [3.8, 4) is 0 Å². The average Bonchev–Trinajstić information content (AvgIpc) is 3.02. The van der Waals surface area contributed by atoms with Crippen LogP contribution in [-0.2, 0) is 7.05 Å². The number of aromatic nitrogens is 2. The van der Waals surface area contributed by atoms with E-state index < -0.39 is 0 Å². The largest absolute Gasteiger partial charge is 0.384 e. The van der Waals surface area contributed by atoms with Gasteiger partial charge < -0.3 is 10.3 Å². The fourth-order valence-corrected chi connectivity index (χ4v) is 3.93. The van der Waals surface area contributed by atoms with Crippen molar-refractivity contribution in [1.82, 2.24) is 9.55 Å². The van der Waals surface area contributed by atoms with E-state index in [0.717, 1.165) is 11.7 Å². The molecule has 0 amide bonds. The first-order chi connectivity index (χ1) is 9.16. The molecule has 1 aromatic heterocycles. The van der Waals surface area contributed by atoms with Gasteiger partial charge >= 0.3 is 0 Å². The lowest BCUT2D eigenvalue weighted by Gasteiger charge is -2.25. The third-order valence-corrected chi connectivity index (χ3v) is 5.33. The van der Waals surface area contributed by atoms with Crippen LogP contribution in [0.15, 0.2) is 0 Å². The molecule has 0 bridgehead atoms. The molecule has 2 aliphatic carbocycles. The van der Waals surface area contributed by atoms with E-state index in [4.69, 9.17) is 10.7 Å². The van der Waals surface area contributed by atoms with Gasteiger partial charge in [-0.2, -0.15) is 0 Å². The van der Waals surface area contributed by atoms with Crippen LogP contribution in [0.25, 0.3) is 0 Å². The van der Waals surface area contributed by atoms with E-state index in [-0.39, 0.29) is 0 Å². The number of nitrogens with two attached hydrogens (primary N) is 1. The smallest absolute Gasteiger partial charge is 0.126 e. The normalized spacial score (nSPS) is 28.9. The van der Waals surface area contributed by atoms with E-state index in [9.17, 15) is 0 Å². The molecule has 19 heavy (non-hydrogen) atoms. The molecule has 0 aromatic carbocycles. The van der Waals surface area contributed by atoms with Gasteiger partial charge in [-0.25, -0.2) is 4.98 Å². The molecule has 2 fully saturated rings. The van der Waals surface area contributed by atoms with Gasteiger partial charge in [-0.05, 0) is 31.6 Å². The van der Waals surface area contributed by atoms with Crippen molar-refractivity contribution in [2.75, 3.05) is 5.73 Å². The van der Waals surface area contributed by atoms with Gasteiger partial charge in [0.25, 0.3) is 0 Å². The van der Waals surface area contributed by atoms with Crippen LogP contribution < -0.4 is 5.73 Å². The Morgan fingerprint density at radius 2 is 1.63 bits per heavy atom. The Labute approximate surface area is 116 Å². The van der Waals surface area contributed by atoms with Gasteiger partial charge in [-0.1, -0.05) is 32.6 Å². The summed E-state index contributed by atoms with van der Waals surface area (Å²) >= 11 is 0. The van der Waals surface area contributed by atoms with Crippen molar-refractivity contribution < 1.29 is 0 Å². The van der Waals surface area contributed by atoms with Crippen molar-refractivity contribution >= 4 is 5.82 Å². The first kappa shape index (κ1) is 13.0. The molecule has 0 spiro atoms. The topological polar surface area (TPSA) is 43.8 Å². The molecule has 0 radical (unpaired) electrons. The first-order valence-electron chi connectivity index (χ1n) is 7.98. The number of anilines is 1. The highest BCUT2D eigenvalue weighted by Gasteiger charge is 2.28. The summed E-state index contributed by atoms with van der Waals surface area (Å²) in [7, 11) is 2.10. The van der Waals surface area contributed by atoms with Crippen molar-refractivity contribution in [2.24, 2.45) is 13.0 Å². The van der Waals surface area contributed by atoms with E-state index in [1.165, 1.54) is 62.9 Å². The van der Waals surface area contributed by atoms with E-state index in [1.807, 2.05) is 0 Å². The quantitative estimate of drug-likeness (QED) is 0.876. The Hall–Kier alpha value is -0.990. The molecule has 1 aromatic rings. The lowest BCUT2D eigenvalue weighted by atomic mass is 9.81. The summed E-state index contributed by atoms with van der Waals surface area (Å²) in [4.78, 5) is 4.98. The summed E-state index contributed by atoms with van der Waals surface area (Å²) in [6, 6.07) is 0. The average molecular weight is 261 g/mol. The van der Waals surface area contributed by atoms with Gasteiger partial charge in [-0.3, -0.25) is 0 Å². The molecule has 2 N–H and O–H groups in total. The van der Waals surface area contributed by atoms with Crippen LogP contribution in [0.1, 0.15) is 81.6 Å². The van der Waals surface area contributed by atoms with E-state index in [1.54, 1.807) is 0 Å². The number of nitrogens with zero attached hydrogens (tertiary/aromatic N) is 2. The van der Waals surface area contributed by atoms with Gasteiger partial charge in [0, 0.05) is 18.9 Å². The second kappa shape index (κ2) is 5.18. The van der Waals surface area contributed by atoms with E-state index in [2.05, 4.69) is 18.5 Å². The number of nitrogen functional groups attached to an aromatic ring is 1. The van der Waals surface area contributed by atoms with Crippen molar-refractivity contribution in [2.45, 2.75) is 70.1 Å². The Kier molecular flexibility index (Phi) is 3.55. The highest BCUT2D eigenvalue weighted by Crippen LogP contribution is 2.40. The summed E-state index contributed by atoms with van der Waals surface area (Å²) in [5.41, 5.74) is 7.54. The summed E-state index contributed by atoms with van der Waals surface area (Å²) in [6.45, 7) is 2.36. The highest BCUT2D eigenvalue weighted by molar-refractivity contribution is 5.41. The zero-order chi connectivity index (χ0) is 13.4. The Balaban J connectivity index is 1.83. The van der Waals surface area contributed by atoms with Gasteiger partial charge in [0.2, 0.25) is 0 Å². The van der Waals surface area contributed by atoms with Crippen LogP contribution in [0, 0.1) is 5.92 Å². The maximum Gasteiger partial charge on any atom is 0.126 e. The van der Waals surface area contributed by atoms with Gasteiger partial charge in [0.15, 0.2) is 0 Å². The van der Waals surface area contributed by atoms with Gasteiger partial charge in [0.05, 0.1) is 5.69 Å². The van der Waals surface area contributed by atoms with Crippen molar-refractivity contribution in [3.63, 3.8) is 0 Å². The SMILES string of the molecule is CC1CCC(c2nc(C3CCCC3)n(C)c2N)CC1. The molecule has 0 unspecified atom stereocenters. The Morgan fingerprint density at radius 3 is 2.26 bits per heavy atom. The van der Waals surface area contributed by atoms with Crippen molar-refractivity contribution in [3.05, 3.63) is 11.5 Å². The zero-order valence-corrected chi connectivity index (χ0v) is 12.4. The van der Waals surface area contributed by atoms with Crippen LogP contribution in [0.2, 0.25) is 0 Å². The van der Waals surface area contributed by atoms with E-state index in [0.29, 0.717) is 11.8 Å². The molecule has 3 rings (SSSR count). The van der Waals surface area contributed by atoms with Gasteiger partial charge in [-0.15, -0.1) is 0 Å². The molecule has 0 atom stereocenters. The summed E-state index contributed by atoms with van der Waals surface area (Å²) in [5, 5.41) is 0. The number of imidazole rings is 1. The molecular formula is C16H27N3. The summed E-state index contributed by atoms with van der Waals surface area (Å²) in [6.07, 6.45) is 10.5. The standard InChI is InChI=1S/C16H27N3/c1-11-7-9-12(10-8-11)14-15(17)19(2)16(18-14)13-5-3-4-6-13/h11-13H,3-10,17H2,1-2H3. The molecular weight excluding hydrogens is 234 g/mol. The van der Waals surface area contributed by atoms with Crippen LogP contribution in [-0.4, -0.2) is 9.55 Å². The molecule has 2 aliphatic rings. The lowest BCUT2D eigenvalue weighted by Crippen LogP contribution is -2.12. The maximum absolute atomic E-state index is 6.34. The second-order valence-corrected chi connectivity index (χ2v) is 6.74. The number of hydrogen-bond donors (Lipinski definition) is 1. The Morgan fingerprint density at radius 1 is 1.00 bits per heavy atom. The third-order valence-electron chi connectivity index (χ3n) is 5.33. The molecule has 0 saturated heterocycles. The minimum atomic E-state index is 0.609. The maximum atomic E-state index is 6.34. The number of hydrogen-bond acceptors (Lipinski definition) is 2. The minimum Gasteiger partial charge on any atom is -0.384 e. The molecule has 106 valence electrons. The fourth-order valence-electron chi connectivity index (χ4n) is 3.93. The second-order valence-electron chi connectivity index (χ2n) is 6.74. The summed E-state index contributed by atoms with van der Waals surface area (Å²) < 4.78 is 2.17. The molecule has 3 heteroatoms. The first-order valence-corrected chi connectivity index (χ1v) is 7.98. The molecule has 0 aliphatic heterocycles. The summed E-state index contributed by atoms with van der Waals surface area (Å²) in [5.74, 6) is 4.33.